The van der Waals surface area contributed by atoms with Crippen molar-refractivity contribution in [1.29, 1.82) is 0 Å². The average molecular weight is 199 g/mol. The van der Waals surface area contributed by atoms with E-state index in [1.165, 1.54) is 0 Å². The molecule has 0 aliphatic heterocycles. The Kier molecular flexibility index (Phi) is 4.55. The van der Waals surface area contributed by atoms with Crippen LogP contribution in [0.2, 0.25) is 0 Å². The molecule has 0 fully saturated rings. The minimum atomic E-state index is 0.150. The van der Waals surface area contributed by atoms with Gasteiger partial charge in [-0.15, -0.1) is 10.2 Å². The van der Waals surface area contributed by atoms with Gasteiger partial charge in [0, 0.05) is 13.0 Å². The molecule has 1 unspecified atom stereocenters. The lowest BCUT2D eigenvalue weighted by Crippen LogP contribution is -2.23. The van der Waals surface area contributed by atoms with Gasteiger partial charge < -0.3 is 14.5 Å². The van der Waals surface area contributed by atoms with Gasteiger partial charge in [0.05, 0.1) is 6.10 Å². The Morgan fingerprint density at radius 2 is 2.14 bits per heavy atom. The first-order valence-corrected chi connectivity index (χ1v) is 4.83. The monoisotopic (exact) mass is 199 g/mol. The van der Waals surface area contributed by atoms with Crippen molar-refractivity contribution in [3.05, 3.63) is 11.8 Å². The maximum Gasteiger partial charge on any atom is 0.242 e. The molecule has 1 aromatic rings. The molecule has 14 heavy (non-hydrogen) atoms. The van der Waals surface area contributed by atoms with E-state index < -0.39 is 0 Å². The lowest BCUT2D eigenvalue weighted by atomic mass is 10.4. The first-order valence-electron chi connectivity index (χ1n) is 4.83. The van der Waals surface area contributed by atoms with Crippen LogP contribution in [0, 0.1) is 0 Å². The molecule has 0 saturated heterocycles. The van der Waals surface area contributed by atoms with Gasteiger partial charge in [-0.25, -0.2) is 0 Å². The second-order valence-corrected chi connectivity index (χ2v) is 3.12. The molecule has 1 atom stereocenters. The van der Waals surface area contributed by atoms with E-state index in [2.05, 4.69) is 15.5 Å². The summed E-state index contributed by atoms with van der Waals surface area (Å²) in [4.78, 5) is 0. The Bertz CT molecular complexity index is 262. The molecule has 1 N–H and O–H groups in total. The number of hydrogen-bond donors (Lipinski definition) is 1. The maximum atomic E-state index is 5.47. The van der Waals surface area contributed by atoms with Crippen molar-refractivity contribution < 1.29 is 9.15 Å². The van der Waals surface area contributed by atoms with Crippen LogP contribution in [-0.2, 0) is 17.8 Å². The van der Waals surface area contributed by atoms with Crippen LogP contribution in [-0.4, -0.2) is 29.9 Å². The minimum Gasteiger partial charge on any atom is -0.423 e. The molecular formula is C9H17N3O2. The number of aromatic nitrogens is 2. The fourth-order valence-corrected chi connectivity index (χ4v) is 1.05. The Labute approximate surface area is 83.9 Å². The van der Waals surface area contributed by atoms with Crippen LogP contribution < -0.4 is 5.32 Å². The molecule has 0 radical (unpaired) electrons. The van der Waals surface area contributed by atoms with Crippen molar-refractivity contribution in [2.45, 2.75) is 33.0 Å². The first-order chi connectivity index (χ1) is 6.76. The third-order valence-corrected chi connectivity index (χ3v) is 1.79. The second kappa shape index (κ2) is 5.72. The molecule has 1 aromatic heterocycles. The highest BCUT2D eigenvalue weighted by Crippen LogP contribution is 2.03. The van der Waals surface area contributed by atoms with E-state index in [0.717, 1.165) is 13.0 Å². The highest BCUT2D eigenvalue weighted by molar-refractivity contribution is 4.78. The van der Waals surface area contributed by atoms with Gasteiger partial charge in [-0.05, 0) is 14.0 Å². The zero-order valence-corrected chi connectivity index (χ0v) is 8.91. The summed E-state index contributed by atoms with van der Waals surface area (Å²) in [5.41, 5.74) is 0. The van der Waals surface area contributed by atoms with Crippen LogP contribution >= 0.6 is 0 Å². The fourth-order valence-electron chi connectivity index (χ4n) is 1.05. The summed E-state index contributed by atoms with van der Waals surface area (Å²) in [6.45, 7) is 5.17. The standard InChI is InChI=1S/C9H17N3O2/c1-4-8-11-12-9(14-8)6-13-7(2)5-10-3/h7,10H,4-6H2,1-3H3. The molecule has 5 nitrogen and oxygen atoms in total. The maximum absolute atomic E-state index is 5.47. The Morgan fingerprint density at radius 1 is 1.43 bits per heavy atom. The van der Waals surface area contributed by atoms with E-state index in [1.807, 2.05) is 20.9 Å². The van der Waals surface area contributed by atoms with Gasteiger partial charge in [0.1, 0.15) is 6.61 Å². The Hall–Kier alpha value is -0.940. The van der Waals surface area contributed by atoms with Crippen molar-refractivity contribution in [1.82, 2.24) is 15.5 Å². The molecule has 1 rings (SSSR count). The quantitative estimate of drug-likeness (QED) is 0.732. The van der Waals surface area contributed by atoms with Gasteiger partial charge in [-0.1, -0.05) is 6.92 Å². The summed E-state index contributed by atoms with van der Waals surface area (Å²) in [6.07, 6.45) is 0.913. The SMILES string of the molecule is CCc1nnc(COC(C)CNC)o1. The van der Waals surface area contributed by atoms with Gasteiger partial charge in [-0.2, -0.15) is 0 Å². The molecule has 0 amide bonds. The highest BCUT2D eigenvalue weighted by atomic mass is 16.5. The number of aryl methyl sites for hydroxylation is 1. The minimum absolute atomic E-state index is 0.150. The second-order valence-electron chi connectivity index (χ2n) is 3.12. The summed E-state index contributed by atoms with van der Waals surface area (Å²) in [6, 6.07) is 0. The molecule has 5 heteroatoms. The van der Waals surface area contributed by atoms with E-state index in [1.54, 1.807) is 0 Å². The normalized spacial score (nSPS) is 13.1. The van der Waals surface area contributed by atoms with Crippen LogP contribution in [0.1, 0.15) is 25.6 Å². The van der Waals surface area contributed by atoms with Crippen LogP contribution in [0.25, 0.3) is 0 Å². The average Bonchev–Trinajstić information content (AvgIpc) is 2.63. The number of ether oxygens (including phenoxy) is 1. The zero-order valence-electron chi connectivity index (χ0n) is 8.91. The van der Waals surface area contributed by atoms with Crippen molar-refractivity contribution in [2.75, 3.05) is 13.6 Å². The summed E-state index contributed by atoms with van der Waals surface area (Å²) in [5, 5.41) is 10.7. The zero-order chi connectivity index (χ0) is 10.4. The summed E-state index contributed by atoms with van der Waals surface area (Å²) >= 11 is 0. The van der Waals surface area contributed by atoms with Crippen LogP contribution in [0.15, 0.2) is 4.42 Å². The molecule has 0 bridgehead atoms. The highest BCUT2D eigenvalue weighted by Gasteiger charge is 2.06. The molecule has 0 aliphatic carbocycles. The van der Waals surface area contributed by atoms with E-state index in [-0.39, 0.29) is 6.10 Å². The van der Waals surface area contributed by atoms with Gasteiger partial charge >= 0.3 is 0 Å². The Balaban J connectivity index is 2.30. The van der Waals surface area contributed by atoms with Crippen molar-refractivity contribution in [2.24, 2.45) is 0 Å². The molecule has 1 heterocycles. The predicted octanol–water partition coefficient (Wildman–Crippen LogP) is 0.756. The summed E-state index contributed by atoms with van der Waals surface area (Å²) in [5.74, 6) is 1.20. The van der Waals surface area contributed by atoms with E-state index in [9.17, 15) is 0 Å². The van der Waals surface area contributed by atoms with E-state index in [0.29, 0.717) is 18.4 Å². The lowest BCUT2D eigenvalue weighted by molar-refractivity contribution is 0.0410. The third-order valence-electron chi connectivity index (χ3n) is 1.79. The topological polar surface area (TPSA) is 60.2 Å². The molecular weight excluding hydrogens is 182 g/mol. The number of likely N-dealkylation sites (N-methyl/N-ethyl adjacent to an activating group) is 1. The van der Waals surface area contributed by atoms with Crippen molar-refractivity contribution >= 4 is 0 Å². The molecule has 80 valence electrons. The smallest absolute Gasteiger partial charge is 0.242 e. The number of nitrogens with one attached hydrogen (secondary N) is 1. The molecule has 0 saturated carbocycles. The fraction of sp³-hybridized carbons (Fsp3) is 0.778. The van der Waals surface area contributed by atoms with Gasteiger partial charge in [0.25, 0.3) is 0 Å². The van der Waals surface area contributed by atoms with E-state index >= 15 is 0 Å². The summed E-state index contributed by atoms with van der Waals surface area (Å²) < 4.78 is 10.8. The van der Waals surface area contributed by atoms with Crippen molar-refractivity contribution in [3.63, 3.8) is 0 Å². The van der Waals surface area contributed by atoms with Crippen LogP contribution in [0.4, 0.5) is 0 Å². The number of rotatable bonds is 6. The number of hydrogen-bond acceptors (Lipinski definition) is 5. The molecule has 0 aromatic carbocycles. The van der Waals surface area contributed by atoms with Crippen molar-refractivity contribution in [3.8, 4) is 0 Å². The number of nitrogens with zero attached hydrogens (tertiary/aromatic N) is 2. The molecule has 0 spiro atoms. The largest absolute Gasteiger partial charge is 0.423 e. The van der Waals surface area contributed by atoms with E-state index in [4.69, 9.17) is 9.15 Å². The van der Waals surface area contributed by atoms with Gasteiger partial charge in [0.2, 0.25) is 11.8 Å². The van der Waals surface area contributed by atoms with Crippen LogP contribution in [0.3, 0.4) is 0 Å². The first kappa shape index (κ1) is 11.1. The van der Waals surface area contributed by atoms with Crippen LogP contribution in [0.5, 0.6) is 0 Å². The summed E-state index contributed by atoms with van der Waals surface area (Å²) in [7, 11) is 1.89. The molecule has 0 aliphatic rings. The Morgan fingerprint density at radius 3 is 2.71 bits per heavy atom. The predicted molar refractivity (Wildman–Crippen MR) is 51.9 cm³/mol. The third kappa shape index (κ3) is 3.43. The lowest BCUT2D eigenvalue weighted by Gasteiger charge is -2.09. The van der Waals surface area contributed by atoms with Gasteiger partial charge in [-0.3, -0.25) is 0 Å². The van der Waals surface area contributed by atoms with Gasteiger partial charge in [0.15, 0.2) is 0 Å².